The maximum atomic E-state index is 12.1. The summed E-state index contributed by atoms with van der Waals surface area (Å²) in [6, 6.07) is 43.7. The van der Waals surface area contributed by atoms with Crippen molar-refractivity contribution in [2.75, 3.05) is 52.5 Å². The van der Waals surface area contributed by atoms with Gasteiger partial charge in [0.05, 0.1) is 23.0 Å². The first-order valence-corrected chi connectivity index (χ1v) is 40.2. The lowest BCUT2D eigenvalue weighted by Crippen LogP contribution is -2.46. The van der Waals surface area contributed by atoms with Gasteiger partial charge in [-0.2, -0.15) is 0 Å². The average Bonchev–Trinajstić information content (AvgIpc) is 0.869. The third-order valence-electron chi connectivity index (χ3n) is 17.3. The van der Waals surface area contributed by atoms with E-state index >= 15 is 0 Å². The summed E-state index contributed by atoms with van der Waals surface area (Å²) < 4.78 is 26.2. The fraction of sp³-hybridized carbons (Fsp3) is 0.430. The first kappa shape index (κ1) is 90.5. The molecule has 0 aromatic heterocycles. The van der Waals surface area contributed by atoms with Crippen LogP contribution in [0.1, 0.15) is 135 Å². The van der Waals surface area contributed by atoms with Gasteiger partial charge >= 0.3 is 48.1 Å². The number of hydrogen-bond acceptors (Lipinski definition) is 11. The number of halogens is 3. The van der Waals surface area contributed by atoms with E-state index in [0.29, 0.717) is 86.2 Å². The number of carbonyl (C=O) groups is 9. The van der Waals surface area contributed by atoms with E-state index in [1.165, 1.54) is 6.26 Å². The Hall–Kier alpha value is -8.86. The van der Waals surface area contributed by atoms with E-state index in [0.717, 1.165) is 87.2 Å². The lowest BCUT2D eigenvalue weighted by atomic mass is 9.84. The van der Waals surface area contributed by atoms with Crippen LogP contribution in [0.15, 0.2) is 165 Å². The first-order valence-electron chi connectivity index (χ1n) is 35.8. The van der Waals surface area contributed by atoms with Crippen LogP contribution in [-0.2, 0) is 35.4 Å². The fourth-order valence-electron chi connectivity index (χ4n) is 11.5. The molecule has 2 fully saturated rings. The van der Waals surface area contributed by atoms with Crippen LogP contribution in [-0.4, -0.2) is 121 Å². The minimum atomic E-state index is -3.10. The standard InChI is InChI=1S/C17H17BrN2O3.C16H21BrN2O3.C16H24N2O2.C15H23BrN2O3S.C15H20N2O3/c18-14-6-8-15(9-7-14)20-17(23)19-11-13(16(21)22)10-12-4-2-1-3-5-12;17-11-7-9-12(10-8-11)18-16(22)19-14-6-4-2-1-3-5-13(14)15(20)21;1-11(2)9-14(13(4)19)10-17-16(20)18-15-7-5-12(3)6-8-15;1-11(2)10-14(22(3,20)21)8-9-17-15(19)18-13-6-4-12(16)5-7-13;1-10-6-8-11(9-7-10)16-15(20)17-13-5-3-2-4-12(13)14(18)19/h1-9,13H,10-11H2,(H,21,22)(H2,19,20,23);7-10,13-14H,1-6H2,(H,20,21)(H2,18,19,22);5-8,11,14H,9-10H2,1-4H3,(H2,17,18,20);4-7,11,14H,8-10H2,1-3H3,(H2,17,18,19);6-9,12-13H,2-5H2,1H3,(H,18,19)(H2,16,17,20). The van der Waals surface area contributed by atoms with Crippen molar-refractivity contribution in [3.05, 3.63) is 182 Å². The van der Waals surface area contributed by atoms with Crippen LogP contribution in [0.5, 0.6) is 0 Å². The Kier molecular flexibility index (Phi) is 41.0. The molecule has 24 nitrogen and oxygen atoms in total. The number of ketones is 1. The second-order valence-electron chi connectivity index (χ2n) is 27.4. The van der Waals surface area contributed by atoms with E-state index in [-0.39, 0.29) is 54.5 Å². The number of sulfone groups is 1. The van der Waals surface area contributed by atoms with Gasteiger partial charge in [0.15, 0.2) is 0 Å². The Bertz CT molecular complexity index is 3860. The zero-order valence-electron chi connectivity index (χ0n) is 62.0. The molecule has 2 aliphatic rings. The number of amides is 10. The molecule has 0 aliphatic heterocycles. The van der Waals surface area contributed by atoms with Gasteiger partial charge in [0, 0.05) is 85.7 Å². The monoisotopic (exact) mass is 1690 g/mol. The van der Waals surface area contributed by atoms with Gasteiger partial charge in [-0.05, 0) is 187 Å². The number of urea groups is 5. The van der Waals surface area contributed by atoms with Gasteiger partial charge in [0.2, 0.25) is 0 Å². The van der Waals surface area contributed by atoms with E-state index in [4.69, 9.17) is 0 Å². The number of aliphatic carboxylic acids is 3. The molecule has 6 aromatic carbocycles. The lowest BCUT2D eigenvalue weighted by Gasteiger charge is -2.29. The summed E-state index contributed by atoms with van der Waals surface area (Å²) in [5.74, 6) is -3.49. The van der Waals surface area contributed by atoms with Crippen molar-refractivity contribution in [2.24, 2.45) is 35.5 Å². The SMILES string of the molecule is CC(=O)C(CNC(=O)Nc1ccc(C)cc1)CC(C)C.CC(C)CC(CCNC(=O)Nc1ccc(Br)cc1)S(C)(=O)=O.Cc1ccc(NC(=O)NC2CCCCC2C(=O)O)cc1.O=C(NCC(Cc1ccccc1)C(=O)O)Nc1ccc(Br)cc1.O=C(Nc1ccc(Br)cc1)NC1CCCCCCC1C(=O)O. The summed E-state index contributed by atoms with van der Waals surface area (Å²) in [6.07, 6.45) is 12.0. The summed E-state index contributed by atoms with van der Waals surface area (Å²) in [5, 5.41) is 54.7. The Morgan fingerprint density at radius 3 is 1.13 bits per heavy atom. The summed E-state index contributed by atoms with van der Waals surface area (Å²) in [5.41, 5.74) is 6.64. The predicted molar refractivity (Wildman–Crippen MR) is 434 cm³/mol. The van der Waals surface area contributed by atoms with E-state index in [2.05, 4.69) is 115 Å². The number of carbonyl (C=O) groups excluding carboxylic acids is 6. The molecule has 107 heavy (non-hydrogen) atoms. The number of anilines is 5. The van der Waals surface area contributed by atoms with Crippen LogP contribution >= 0.6 is 47.8 Å². The molecule has 0 heterocycles. The predicted octanol–water partition coefficient (Wildman–Crippen LogP) is 17.1. The maximum Gasteiger partial charge on any atom is 0.319 e. The number of carboxylic acid groups (broad SMARTS) is 3. The van der Waals surface area contributed by atoms with Crippen molar-refractivity contribution < 1.29 is 66.9 Å². The van der Waals surface area contributed by atoms with Crippen LogP contribution in [0.4, 0.5) is 52.4 Å². The highest BCUT2D eigenvalue weighted by atomic mass is 79.9. The van der Waals surface area contributed by atoms with Crippen molar-refractivity contribution in [1.29, 1.82) is 0 Å². The molecule has 0 spiro atoms. The van der Waals surface area contributed by atoms with Crippen LogP contribution < -0.4 is 53.2 Å². The molecule has 13 N–H and O–H groups in total. The van der Waals surface area contributed by atoms with Gasteiger partial charge in [-0.3, -0.25) is 19.2 Å². The van der Waals surface area contributed by atoms with E-state index in [1.807, 2.05) is 143 Å². The molecule has 6 aromatic rings. The molecule has 10 amide bonds. The maximum absolute atomic E-state index is 12.1. The second kappa shape index (κ2) is 48.4. The number of rotatable bonds is 25. The molecule has 7 atom stereocenters. The van der Waals surface area contributed by atoms with Crippen molar-refractivity contribution >= 4 is 140 Å². The van der Waals surface area contributed by atoms with Gasteiger partial charge in [0.1, 0.15) is 15.6 Å². The Morgan fingerprint density at radius 1 is 0.439 bits per heavy atom. The van der Waals surface area contributed by atoms with Gasteiger partial charge in [-0.15, -0.1) is 0 Å². The molecule has 7 unspecified atom stereocenters. The van der Waals surface area contributed by atoms with E-state index in [9.17, 15) is 66.9 Å². The van der Waals surface area contributed by atoms with Crippen LogP contribution in [0, 0.1) is 49.4 Å². The Balaban J connectivity index is 0.000000283. The van der Waals surface area contributed by atoms with Crippen LogP contribution in [0.2, 0.25) is 0 Å². The lowest BCUT2D eigenvalue weighted by molar-refractivity contribution is -0.144. The largest absolute Gasteiger partial charge is 0.481 e. The summed E-state index contributed by atoms with van der Waals surface area (Å²) >= 11 is 9.98. The van der Waals surface area contributed by atoms with Crippen LogP contribution in [0.3, 0.4) is 0 Å². The first-order chi connectivity index (χ1) is 50.7. The van der Waals surface area contributed by atoms with Crippen LogP contribution in [0.25, 0.3) is 0 Å². The van der Waals surface area contributed by atoms with Gasteiger partial charge in [0.25, 0.3) is 0 Å². The number of aryl methyl sites for hydroxylation is 2. The zero-order valence-corrected chi connectivity index (χ0v) is 67.6. The minimum Gasteiger partial charge on any atom is -0.481 e. The molecule has 2 saturated carbocycles. The zero-order chi connectivity index (χ0) is 79.0. The summed E-state index contributed by atoms with van der Waals surface area (Å²) in [4.78, 5) is 105. The third kappa shape index (κ3) is 38.5. The highest BCUT2D eigenvalue weighted by Gasteiger charge is 2.33. The second-order valence-corrected chi connectivity index (χ2v) is 32.5. The van der Waals surface area contributed by atoms with Gasteiger partial charge < -0.3 is 68.5 Å². The molecule has 0 radical (unpaired) electrons. The van der Waals surface area contributed by atoms with Crippen molar-refractivity contribution in [2.45, 2.75) is 156 Å². The quantitative estimate of drug-likeness (QED) is 0.0253. The average molecular weight is 1690 g/mol. The van der Waals surface area contributed by atoms with Crippen molar-refractivity contribution in [3.8, 4) is 0 Å². The summed E-state index contributed by atoms with van der Waals surface area (Å²) in [6.45, 7) is 14.4. The normalized spacial score (nSPS) is 16.1. The number of nitrogens with one attached hydrogen (secondary N) is 10. The van der Waals surface area contributed by atoms with Crippen molar-refractivity contribution in [1.82, 2.24) is 26.6 Å². The molecule has 28 heteroatoms. The Labute approximate surface area is 654 Å². The number of carboxylic acids is 3. The van der Waals surface area contributed by atoms with Gasteiger partial charge in [-0.25, -0.2) is 32.4 Å². The molecule has 8 rings (SSSR count). The molecule has 0 bridgehead atoms. The van der Waals surface area contributed by atoms with Crippen molar-refractivity contribution in [3.63, 3.8) is 0 Å². The van der Waals surface area contributed by atoms with Gasteiger partial charge in [-0.1, -0.05) is 180 Å². The number of hydrogen-bond donors (Lipinski definition) is 13. The molecule has 582 valence electrons. The molecule has 0 saturated heterocycles. The molecular formula is C79H105Br3N10O14S. The smallest absolute Gasteiger partial charge is 0.319 e. The molecule has 2 aliphatic carbocycles. The van der Waals surface area contributed by atoms with E-state index < -0.39 is 56.8 Å². The number of Topliss-reactive ketones (excluding diaryl/α,β-unsaturated/α-hetero) is 1. The third-order valence-corrected chi connectivity index (χ3v) is 20.6. The highest BCUT2D eigenvalue weighted by molar-refractivity contribution is 9.11. The highest BCUT2D eigenvalue weighted by Crippen LogP contribution is 2.27. The Morgan fingerprint density at radius 2 is 0.776 bits per heavy atom. The topological polar surface area (TPSA) is 369 Å². The fourth-order valence-corrected chi connectivity index (χ4v) is 13.6. The van der Waals surface area contributed by atoms with E-state index in [1.54, 1.807) is 43.3 Å². The number of benzene rings is 6. The molecular weight excluding hydrogens is 1580 g/mol. The minimum absolute atomic E-state index is 0.0621. The summed E-state index contributed by atoms with van der Waals surface area (Å²) in [7, 11) is -3.10.